The molecule has 1 atom stereocenters. The van der Waals surface area contributed by atoms with Crippen molar-refractivity contribution in [2.24, 2.45) is 0 Å². The Kier molecular flexibility index (Phi) is 5.65. The lowest BCUT2D eigenvalue weighted by atomic mass is 10.1. The summed E-state index contributed by atoms with van der Waals surface area (Å²) in [7, 11) is -3.56. The van der Waals surface area contributed by atoms with Crippen molar-refractivity contribution in [3.8, 4) is 0 Å². The molecule has 7 heteroatoms. The summed E-state index contributed by atoms with van der Waals surface area (Å²) in [5.74, 6) is 0. The molecule has 1 aromatic heterocycles. The van der Waals surface area contributed by atoms with Gasteiger partial charge in [-0.3, -0.25) is 0 Å². The van der Waals surface area contributed by atoms with Gasteiger partial charge in [0.05, 0.1) is 4.90 Å². The van der Waals surface area contributed by atoms with Gasteiger partial charge in [-0.25, -0.2) is 13.1 Å². The SMILES string of the molecule is Cc1cc(Br)c(S(=O)(=O)NC(C)Cc2ccsc2)cc1Br. The van der Waals surface area contributed by atoms with Crippen molar-refractivity contribution in [3.05, 3.63) is 49.0 Å². The summed E-state index contributed by atoms with van der Waals surface area (Å²) in [5.41, 5.74) is 2.12. The smallest absolute Gasteiger partial charge is 0.208 e. The highest BCUT2D eigenvalue weighted by atomic mass is 79.9. The lowest BCUT2D eigenvalue weighted by Crippen LogP contribution is -2.34. The van der Waals surface area contributed by atoms with Crippen LogP contribution in [0.2, 0.25) is 0 Å². The Morgan fingerprint density at radius 3 is 2.62 bits per heavy atom. The van der Waals surface area contributed by atoms with Crippen molar-refractivity contribution in [2.75, 3.05) is 0 Å². The molecule has 114 valence electrons. The minimum atomic E-state index is -3.56. The van der Waals surface area contributed by atoms with Crippen molar-refractivity contribution in [1.82, 2.24) is 4.72 Å². The maximum Gasteiger partial charge on any atom is 0.241 e. The van der Waals surface area contributed by atoms with Gasteiger partial charge in [-0.1, -0.05) is 15.9 Å². The summed E-state index contributed by atoms with van der Waals surface area (Å²) in [4.78, 5) is 0.247. The quantitative estimate of drug-likeness (QED) is 0.726. The van der Waals surface area contributed by atoms with E-state index in [1.807, 2.05) is 30.7 Å². The van der Waals surface area contributed by atoms with Gasteiger partial charge in [-0.05, 0) is 76.3 Å². The summed E-state index contributed by atoms with van der Waals surface area (Å²) in [6.45, 7) is 3.78. The molecular weight excluding hydrogens is 438 g/mol. The predicted molar refractivity (Wildman–Crippen MR) is 94.4 cm³/mol. The Hall–Kier alpha value is -0.210. The molecule has 0 aliphatic rings. The van der Waals surface area contributed by atoms with E-state index < -0.39 is 10.0 Å². The molecule has 1 aromatic carbocycles. The number of benzene rings is 1. The van der Waals surface area contributed by atoms with E-state index in [0.29, 0.717) is 10.9 Å². The fourth-order valence-electron chi connectivity index (χ4n) is 1.97. The summed E-state index contributed by atoms with van der Waals surface area (Å²) in [6, 6.07) is 5.26. The van der Waals surface area contributed by atoms with Crippen LogP contribution in [0.5, 0.6) is 0 Å². The number of thiophene rings is 1. The standard InChI is InChI=1S/C14H15Br2NO2S2/c1-9-5-13(16)14(7-12(9)15)21(18,19)17-10(2)6-11-3-4-20-8-11/h3-5,7-8,10,17H,6H2,1-2H3. The normalized spacial score (nSPS) is 13.3. The van der Waals surface area contributed by atoms with Crippen LogP contribution in [0, 0.1) is 6.92 Å². The molecule has 0 fully saturated rings. The van der Waals surface area contributed by atoms with Crippen LogP contribution in [0.15, 0.2) is 42.8 Å². The first-order valence-electron chi connectivity index (χ1n) is 6.28. The maximum absolute atomic E-state index is 12.5. The first kappa shape index (κ1) is 17.1. The van der Waals surface area contributed by atoms with Gasteiger partial charge < -0.3 is 0 Å². The van der Waals surface area contributed by atoms with E-state index in [1.54, 1.807) is 23.5 Å². The number of halogens is 2. The summed E-state index contributed by atoms with van der Waals surface area (Å²) < 4.78 is 29.1. The molecule has 1 unspecified atom stereocenters. The summed E-state index contributed by atoms with van der Waals surface area (Å²) >= 11 is 8.32. The molecule has 0 radical (unpaired) electrons. The van der Waals surface area contributed by atoms with Crippen LogP contribution in [-0.4, -0.2) is 14.5 Å². The van der Waals surface area contributed by atoms with Crippen molar-refractivity contribution in [2.45, 2.75) is 31.2 Å². The highest BCUT2D eigenvalue weighted by molar-refractivity contribution is 9.11. The van der Waals surface area contributed by atoms with Crippen molar-refractivity contribution < 1.29 is 8.42 Å². The maximum atomic E-state index is 12.5. The zero-order valence-electron chi connectivity index (χ0n) is 11.6. The molecule has 0 aliphatic carbocycles. The van der Waals surface area contributed by atoms with E-state index in [-0.39, 0.29) is 10.9 Å². The lowest BCUT2D eigenvalue weighted by Gasteiger charge is -2.15. The second-order valence-electron chi connectivity index (χ2n) is 4.89. The molecule has 1 N–H and O–H groups in total. The topological polar surface area (TPSA) is 46.2 Å². The van der Waals surface area contributed by atoms with E-state index in [0.717, 1.165) is 15.6 Å². The Morgan fingerprint density at radius 2 is 2.00 bits per heavy atom. The Labute approximate surface area is 146 Å². The summed E-state index contributed by atoms with van der Waals surface area (Å²) in [5, 5.41) is 4.02. The van der Waals surface area contributed by atoms with Gasteiger partial charge in [0.25, 0.3) is 0 Å². The van der Waals surface area contributed by atoms with Gasteiger partial charge in [0.15, 0.2) is 0 Å². The van der Waals surface area contributed by atoms with Gasteiger partial charge in [0.2, 0.25) is 10.0 Å². The third-order valence-electron chi connectivity index (χ3n) is 2.98. The number of hydrogen-bond donors (Lipinski definition) is 1. The van der Waals surface area contributed by atoms with Gasteiger partial charge in [-0.15, -0.1) is 0 Å². The molecule has 2 aromatic rings. The molecule has 2 rings (SSSR count). The first-order chi connectivity index (χ1) is 9.79. The van der Waals surface area contributed by atoms with E-state index >= 15 is 0 Å². The zero-order valence-corrected chi connectivity index (χ0v) is 16.4. The molecule has 0 saturated carbocycles. The number of aryl methyl sites for hydroxylation is 1. The first-order valence-corrected chi connectivity index (χ1v) is 10.3. The van der Waals surface area contributed by atoms with E-state index in [2.05, 4.69) is 36.6 Å². The van der Waals surface area contributed by atoms with Crippen LogP contribution < -0.4 is 4.72 Å². The average Bonchev–Trinajstić information content (AvgIpc) is 2.85. The average molecular weight is 453 g/mol. The fourth-order valence-corrected chi connectivity index (χ4v) is 5.57. The van der Waals surface area contributed by atoms with Gasteiger partial charge in [-0.2, -0.15) is 11.3 Å². The van der Waals surface area contributed by atoms with Crippen LogP contribution >= 0.6 is 43.2 Å². The Balaban J connectivity index is 2.20. The van der Waals surface area contributed by atoms with Crippen LogP contribution in [0.25, 0.3) is 0 Å². The second-order valence-corrected chi connectivity index (χ2v) is 9.06. The highest BCUT2D eigenvalue weighted by Gasteiger charge is 2.21. The molecule has 0 spiro atoms. The number of nitrogens with one attached hydrogen (secondary N) is 1. The summed E-state index contributed by atoms with van der Waals surface area (Å²) in [6.07, 6.45) is 0.674. The Bertz CT molecular complexity index is 728. The van der Waals surface area contributed by atoms with Crippen molar-refractivity contribution in [3.63, 3.8) is 0 Å². The second kappa shape index (κ2) is 6.91. The number of sulfonamides is 1. The monoisotopic (exact) mass is 451 g/mol. The minimum absolute atomic E-state index is 0.170. The molecule has 0 bridgehead atoms. The van der Waals surface area contributed by atoms with Gasteiger partial charge in [0, 0.05) is 15.0 Å². The van der Waals surface area contributed by atoms with E-state index in [1.165, 1.54) is 0 Å². The van der Waals surface area contributed by atoms with Gasteiger partial charge in [0.1, 0.15) is 0 Å². The van der Waals surface area contributed by atoms with Crippen molar-refractivity contribution >= 4 is 53.2 Å². The molecule has 21 heavy (non-hydrogen) atoms. The number of hydrogen-bond acceptors (Lipinski definition) is 3. The molecule has 3 nitrogen and oxygen atoms in total. The predicted octanol–water partition coefficient (Wildman–Crippen LogP) is 4.49. The molecule has 0 amide bonds. The van der Waals surface area contributed by atoms with Gasteiger partial charge >= 0.3 is 0 Å². The Morgan fingerprint density at radius 1 is 1.29 bits per heavy atom. The van der Waals surface area contributed by atoms with E-state index in [9.17, 15) is 8.42 Å². The molecule has 1 heterocycles. The highest BCUT2D eigenvalue weighted by Crippen LogP contribution is 2.29. The van der Waals surface area contributed by atoms with Crippen molar-refractivity contribution in [1.29, 1.82) is 0 Å². The van der Waals surface area contributed by atoms with Crippen LogP contribution in [0.3, 0.4) is 0 Å². The third-order valence-corrected chi connectivity index (χ3v) is 7.12. The largest absolute Gasteiger partial charge is 0.241 e. The van der Waals surface area contributed by atoms with E-state index in [4.69, 9.17) is 0 Å². The van der Waals surface area contributed by atoms with Crippen LogP contribution in [0.4, 0.5) is 0 Å². The molecule has 0 aliphatic heterocycles. The molecular formula is C14H15Br2NO2S2. The molecule has 0 saturated heterocycles. The lowest BCUT2D eigenvalue weighted by molar-refractivity contribution is 0.559. The minimum Gasteiger partial charge on any atom is -0.208 e. The third kappa shape index (κ3) is 4.39. The zero-order chi connectivity index (χ0) is 15.6. The fraction of sp³-hybridized carbons (Fsp3) is 0.286. The van der Waals surface area contributed by atoms with Crippen LogP contribution in [-0.2, 0) is 16.4 Å². The van der Waals surface area contributed by atoms with Crippen LogP contribution in [0.1, 0.15) is 18.1 Å². The number of rotatable bonds is 5.